The molecule has 0 aliphatic rings. The van der Waals surface area contributed by atoms with Gasteiger partial charge in [0.1, 0.15) is 0 Å². The Kier molecular flexibility index (Phi) is 8.46. The zero-order chi connectivity index (χ0) is 42.8. The smallest absolute Gasteiger partial charge is 0.164 e. The Balaban J connectivity index is 1.04. The van der Waals surface area contributed by atoms with Gasteiger partial charge in [0.15, 0.2) is 17.5 Å². The summed E-state index contributed by atoms with van der Waals surface area (Å²) in [5.41, 5.74) is 11.3. The summed E-state index contributed by atoms with van der Waals surface area (Å²) in [6.07, 6.45) is 0. The Morgan fingerprint density at radius 3 is 1.54 bits per heavy atom. The first-order chi connectivity index (χ1) is 32.2. The van der Waals surface area contributed by atoms with Crippen molar-refractivity contribution in [3.8, 4) is 62.2 Å². The average Bonchev–Trinajstić information content (AvgIpc) is 3.73. The summed E-state index contributed by atoms with van der Waals surface area (Å²) in [7, 11) is 0. The Morgan fingerprint density at radius 2 is 0.846 bits per heavy atom. The highest BCUT2D eigenvalue weighted by Gasteiger charge is 2.22. The SMILES string of the molecule is c1ccc(-c2nc3cccc(-c4cccc(-c5nc(-c6ccc7ccccc7c6)nc(-c6ccc7ccccc7c6)n5)c4)c3c3ccc4c(c5ccccc5n4-c4ccccc4)c23)cc1. The van der Waals surface area contributed by atoms with Gasteiger partial charge in [0.2, 0.25) is 0 Å². The average molecular weight is 828 g/mol. The van der Waals surface area contributed by atoms with E-state index in [2.05, 4.69) is 229 Å². The monoisotopic (exact) mass is 827 g/mol. The van der Waals surface area contributed by atoms with Crippen LogP contribution in [0, 0.1) is 0 Å². The van der Waals surface area contributed by atoms with Crippen molar-refractivity contribution in [1.82, 2.24) is 24.5 Å². The first-order valence-corrected chi connectivity index (χ1v) is 22.0. The molecule has 0 unspecified atom stereocenters. The molecule has 0 spiro atoms. The third kappa shape index (κ3) is 6.16. The lowest BCUT2D eigenvalue weighted by atomic mass is 9.91. The van der Waals surface area contributed by atoms with E-state index in [9.17, 15) is 0 Å². The summed E-state index contributed by atoms with van der Waals surface area (Å²) in [5.74, 6) is 1.86. The van der Waals surface area contributed by atoms with Gasteiger partial charge in [-0.3, -0.25) is 0 Å². The number of para-hydroxylation sites is 2. The third-order valence-corrected chi connectivity index (χ3v) is 12.8. The Labute approximate surface area is 374 Å². The van der Waals surface area contributed by atoms with Crippen molar-refractivity contribution in [2.24, 2.45) is 0 Å². The molecule has 3 aromatic heterocycles. The highest BCUT2D eigenvalue weighted by Crippen LogP contribution is 2.45. The van der Waals surface area contributed by atoms with Gasteiger partial charge in [-0.15, -0.1) is 0 Å². The van der Waals surface area contributed by atoms with E-state index in [0.717, 1.165) is 88.2 Å². The van der Waals surface area contributed by atoms with Crippen molar-refractivity contribution in [2.75, 3.05) is 0 Å². The van der Waals surface area contributed by atoms with E-state index < -0.39 is 0 Å². The Bertz CT molecular complexity index is 3910. The zero-order valence-electron chi connectivity index (χ0n) is 35.1. The first kappa shape index (κ1) is 36.8. The van der Waals surface area contributed by atoms with Crippen molar-refractivity contribution >= 4 is 65.0 Å². The van der Waals surface area contributed by atoms with Crippen LogP contribution in [0.5, 0.6) is 0 Å². The van der Waals surface area contributed by atoms with Gasteiger partial charge in [0.25, 0.3) is 0 Å². The van der Waals surface area contributed by atoms with Gasteiger partial charge in [-0.25, -0.2) is 19.9 Å². The maximum Gasteiger partial charge on any atom is 0.164 e. The Hall–Kier alpha value is -8.80. The number of aromatic nitrogens is 5. The molecule has 302 valence electrons. The van der Waals surface area contributed by atoms with Crippen molar-refractivity contribution in [3.05, 3.63) is 224 Å². The number of hydrogen-bond donors (Lipinski definition) is 0. The van der Waals surface area contributed by atoms with Crippen molar-refractivity contribution in [2.45, 2.75) is 0 Å². The summed E-state index contributed by atoms with van der Waals surface area (Å²) < 4.78 is 2.38. The minimum atomic E-state index is 0.609. The van der Waals surface area contributed by atoms with Crippen LogP contribution in [-0.2, 0) is 0 Å². The first-order valence-electron chi connectivity index (χ1n) is 22.0. The molecule has 5 nitrogen and oxygen atoms in total. The van der Waals surface area contributed by atoms with Crippen LogP contribution in [0.1, 0.15) is 0 Å². The van der Waals surface area contributed by atoms with Crippen LogP contribution in [0.15, 0.2) is 224 Å². The predicted molar refractivity (Wildman–Crippen MR) is 269 cm³/mol. The number of nitrogens with zero attached hydrogens (tertiary/aromatic N) is 5. The van der Waals surface area contributed by atoms with E-state index in [0.29, 0.717) is 17.5 Å². The number of pyridine rings is 1. The van der Waals surface area contributed by atoms with E-state index in [1.807, 2.05) is 0 Å². The maximum absolute atomic E-state index is 5.57. The zero-order valence-corrected chi connectivity index (χ0v) is 35.1. The second-order valence-corrected chi connectivity index (χ2v) is 16.6. The van der Waals surface area contributed by atoms with Crippen molar-refractivity contribution in [3.63, 3.8) is 0 Å². The quantitative estimate of drug-likeness (QED) is 0.157. The van der Waals surface area contributed by atoms with E-state index in [1.165, 1.54) is 21.5 Å². The summed E-state index contributed by atoms with van der Waals surface area (Å²) in [6, 6.07) is 79.3. The summed E-state index contributed by atoms with van der Waals surface area (Å²) in [5, 5.41) is 10.4. The minimum Gasteiger partial charge on any atom is -0.309 e. The van der Waals surface area contributed by atoms with Gasteiger partial charge >= 0.3 is 0 Å². The van der Waals surface area contributed by atoms with Crippen molar-refractivity contribution < 1.29 is 0 Å². The van der Waals surface area contributed by atoms with Crippen LogP contribution in [0.2, 0.25) is 0 Å². The summed E-state index contributed by atoms with van der Waals surface area (Å²) in [6.45, 7) is 0. The highest BCUT2D eigenvalue weighted by atomic mass is 15.0. The fourth-order valence-electron chi connectivity index (χ4n) is 9.75. The molecule has 0 bridgehead atoms. The molecule has 0 fully saturated rings. The lowest BCUT2D eigenvalue weighted by Crippen LogP contribution is -2.00. The molecule has 0 aliphatic heterocycles. The number of benzene rings is 10. The van der Waals surface area contributed by atoms with Gasteiger partial charge in [-0.1, -0.05) is 176 Å². The fraction of sp³-hybridized carbons (Fsp3) is 0. The van der Waals surface area contributed by atoms with Crippen LogP contribution >= 0.6 is 0 Å². The molecule has 3 heterocycles. The molecule has 65 heavy (non-hydrogen) atoms. The van der Waals surface area contributed by atoms with Gasteiger partial charge in [0.05, 0.1) is 22.2 Å². The van der Waals surface area contributed by atoms with Gasteiger partial charge < -0.3 is 4.57 Å². The van der Waals surface area contributed by atoms with Crippen LogP contribution in [0.4, 0.5) is 0 Å². The van der Waals surface area contributed by atoms with Crippen molar-refractivity contribution in [1.29, 1.82) is 0 Å². The molecular weight excluding hydrogens is 791 g/mol. The molecule has 5 heteroatoms. The molecule has 13 rings (SSSR count). The number of hydrogen-bond acceptors (Lipinski definition) is 4. The molecular formula is C60H37N5. The lowest BCUT2D eigenvalue weighted by Gasteiger charge is -2.16. The summed E-state index contributed by atoms with van der Waals surface area (Å²) >= 11 is 0. The topological polar surface area (TPSA) is 56.5 Å². The van der Waals surface area contributed by atoms with Gasteiger partial charge in [0, 0.05) is 49.5 Å². The summed E-state index contributed by atoms with van der Waals surface area (Å²) in [4.78, 5) is 21.1. The fourth-order valence-corrected chi connectivity index (χ4v) is 9.75. The van der Waals surface area contributed by atoms with E-state index in [-0.39, 0.29) is 0 Å². The highest BCUT2D eigenvalue weighted by molar-refractivity contribution is 6.29. The Morgan fingerprint density at radius 1 is 0.292 bits per heavy atom. The standard InChI is InChI=1S/C60H37N5/c1-3-17-40(18-4-1)57-56-50(33-34-53-55(56)49-25-11-12-28-52(49)65(53)47-23-5-2-6-24-47)54-48(26-14-27-51(54)61-57)43-21-13-22-44(37-43)58-62-59(45-31-29-38-15-7-9-19-41(38)35-45)64-60(63-58)46-32-30-39-16-8-10-20-42(39)36-46/h1-37H. The number of rotatable bonds is 6. The van der Waals surface area contributed by atoms with Crippen LogP contribution < -0.4 is 0 Å². The van der Waals surface area contributed by atoms with Crippen LogP contribution in [0.3, 0.4) is 0 Å². The maximum atomic E-state index is 5.57. The normalized spacial score (nSPS) is 11.7. The molecule has 0 atom stereocenters. The minimum absolute atomic E-state index is 0.609. The molecule has 0 amide bonds. The second kappa shape index (κ2) is 14.9. The third-order valence-electron chi connectivity index (χ3n) is 12.8. The van der Waals surface area contributed by atoms with E-state index in [1.54, 1.807) is 0 Å². The molecule has 0 aliphatic carbocycles. The lowest BCUT2D eigenvalue weighted by molar-refractivity contribution is 1.08. The van der Waals surface area contributed by atoms with Crippen LogP contribution in [0.25, 0.3) is 127 Å². The molecule has 10 aromatic carbocycles. The molecule has 0 radical (unpaired) electrons. The second-order valence-electron chi connectivity index (χ2n) is 16.6. The van der Waals surface area contributed by atoms with E-state index in [4.69, 9.17) is 19.9 Å². The number of fused-ring (bicyclic) bond motifs is 9. The van der Waals surface area contributed by atoms with Gasteiger partial charge in [-0.05, 0) is 86.6 Å². The molecule has 0 saturated heterocycles. The van der Waals surface area contributed by atoms with Gasteiger partial charge in [-0.2, -0.15) is 0 Å². The molecule has 0 saturated carbocycles. The molecule has 0 N–H and O–H groups in total. The van der Waals surface area contributed by atoms with Crippen LogP contribution in [-0.4, -0.2) is 24.5 Å². The largest absolute Gasteiger partial charge is 0.309 e. The predicted octanol–water partition coefficient (Wildman–Crippen LogP) is 15.3. The molecule has 13 aromatic rings. The van der Waals surface area contributed by atoms with E-state index >= 15 is 0 Å².